The lowest BCUT2D eigenvalue weighted by Crippen LogP contribution is -2.25. The molecule has 1 saturated heterocycles. The minimum absolute atomic E-state index is 0.0950. The summed E-state index contributed by atoms with van der Waals surface area (Å²) in [5.41, 5.74) is 3.71. The fourth-order valence-electron chi connectivity index (χ4n) is 4.20. The number of ether oxygens (including phenoxy) is 3. The van der Waals surface area contributed by atoms with E-state index in [1.807, 2.05) is 78.5 Å². The van der Waals surface area contributed by atoms with E-state index in [1.54, 1.807) is 14.2 Å². The number of nitrogens with one attached hydrogen (secondary N) is 1. The molecule has 0 radical (unpaired) electrons. The molecule has 0 aliphatic carbocycles. The lowest BCUT2D eigenvalue weighted by atomic mass is 10.00. The quantitative estimate of drug-likeness (QED) is 0.313. The maximum absolute atomic E-state index is 13.4. The van der Waals surface area contributed by atoms with Crippen LogP contribution in [0.4, 0.5) is 5.69 Å². The van der Waals surface area contributed by atoms with E-state index >= 15 is 0 Å². The van der Waals surface area contributed by atoms with Crippen LogP contribution >= 0.6 is 11.8 Å². The summed E-state index contributed by atoms with van der Waals surface area (Å²) in [4.78, 5) is 13.4. The standard InChI is InChI=1S/C29H33NO4S/c1-32-28-13-9-21(18-29(28)33-2)8-12-27(31)25-19-24(34-20-22-6-4-3-5-7-22)10-11-26(25)30-23-14-16-35-17-15-23/h3-7,9-11,13,18-19,23,30H,8,12,14-17,20H2,1-2H3. The van der Waals surface area contributed by atoms with Gasteiger partial charge >= 0.3 is 0 Å². The molecular weight excluding hydrogens is 458 g/mol. The van der Waals surface area contributed by atoms with Crippen LogP contribution in [-0.2, 0) is 13.0 Å². The van der Waals surface area contributed by atoms with Crippen LogP contribution in [0.2, 0.25) is 0 Å². The van der Waals surface area contributed by atoms with Crippen molar-refractivity contribution in [2.75, 3.05) is 31.0 Å². The van der Waals surface area contributed by atoms with E-state index in [0.717, 1.165) is 41.2 Å². The number of carbonyl (C=O) groups is 1. The maximum atomic E-state index is 13.4. The van der Waals surface area contributed by atoms with E-state index in [-0.39, 0.29) is 5.78 Å². The van der Waals surface area contributed by atoms with Gasteiger partial charge in [-0.2, -0.15) is 11.8 Å². The Morgan fingerprint density at radius 3 is 2.43 bits per heavy atom. The smallest absolute Gasteiger partial charge is 0.165 e. The Morgan fingerprint density at radius 2 is 1.69 bits per heavy atom. The number of ketones is 1. The second-order valence-corrected chi connectivity index (χ2v) is 9.85. The summed E-state index contributed by atoms with van der Waals surface area (Å²) >= 11 is 1.99. The second kappa shape index (κ2) is 12.5. The molecule has 3 aromatic carbocycles. The molecule has 1 fully saturated rings. The predicted octanol–water partition coefficient (Wildman–Crippen LogP) is 6.41. The molecule has 4 rings (SSSR count). The van der Waals surface area contributed by atoms with Gasteiger partial charge in [-0.1, -0.05) is 36.4 Å². The van der Waals surface area contributed by atoms with E-state index in [0.29, 0.717) is 48.3 Å². The molecule has 0 spiro atoms. The van der Waals surface area contributed by atoms with Crippen molar-refractivity contribution in [2.24, 2.45) is 0 Å². The highest BCUT2D eigenvalue weighted by Gasteiger charge is 2.19. The van der Waals surface area contributed by atoms with Crippen molar-refractivity contribution >= 4 is 23.2 Å². The first-order chi connectivity index (χ1) is 17.2. The molecule has 0 amide bonds. The lowest BCUT2D eigenvalue weighted by Gasteiger charge is -2.25. The number of anilines is 1. The second-order valence-electron chi connectivity index (χ2n) is 8.63. The van der Waals surface area contributed by atoms with Crippen LogP contribution in [0, 0.1) is 0 Å². The summed E-state index contributed by atoms with van der Waals surface area (Å²) in [6, 6.07) is 22.1. The van der Waals surface area contributed by atoms with Gasteiger partial charge in [0.1, 0.15) is 12.4 Å². The van der Waals surface area contributed by atoms with Crippen LogP contribution in [0.5, 0.6) is 17.2 Å². The zero-order chi connectivity index (χ0) is 24.5. The molecule has 0 saturated carbocycles. The summed E-state index contributed by atoms with van der Waals surface area (Å²) in [5.74, 6) is 4.46. The Balaban J connectivity index is 1.50. The number of methoxy groups -OCH3 is 2. The summed E-state index contributed by atoms with van der Waals surface area (Å²) in [6.45, 7) is 0.465. The third-order valence-electron chi connectivity index (χ3n) is 6.21. The van der Waals surface area contributed by atoms with Gasteiger partial charge in [0.05, 0.1) is 14.2 Å². The first-order valence-corrected chi connectivity index (χ1v) is 13.2. The summed E-state index contributed by atoms with van der Waals surface area (Å²) in [7, 11) is 3.24. The SMILES string of the molecule is COc1ccc(CCC(=O)c2cc(OCc3ccccc3)ccc2NC2CCSCC2)cc1OC. The van der Waals surface area contributed by atoms with Gasteiger partial charge in [0, 0.05) is 23.7 Å². The first-order valence-electron chi connectivity index (χ1n) is 12.1. The van der Waals surface area contributed by atoms with Gasteiger partial charge in [0.15, 0.2) is 17.3 Å². The van der Waals surface area contributed by atoms with Crippen molar-refractivity contribution in [3.05, 3.63) is 83.4 Å². The largest absolute Gasteiger partial charge is 0.493 e. The number of hydrogen-bond donors (Lipinski definition) is 1. The van der Waals surface area contributed by atoms with E-state index < -0.39 is 0 Å². The molecule has 6 heteroatoms. The molecule has 1 N–H and O–H groups in total. The van der Waals surface area contributed by atoms with Crippen molar-refractivity contribution in [2.45, 2.75) is 38.3 Å². The molecule has 1 aliphatic rings. The molecule has 0 unspecified atom stereocenters. The number of Topliss-reactive ketones (excluding diaryl/α,β-unsaturated/α-hetero) is 1. The number of benzene rings is 3. The Labute approximate surface area is 212 Å². The van der Waals surface area contributed by atoms with Crippen LogP contribution in [0.15, 0.2) is 66.7 Å². The van der Waals surface area contributed by atoms with Crippen LogP contribution in [0.1, 0.15) is 40.7 Å². The van der Waals surface area contributed by atoms with Crippen LogP contribution in [-0.4, -0.2) is 37.6 Å². The van der Waals surface area contributed by atoms with E-state index in [2.05, 4.69) is 5.32 Å². The topological polar surface area (TPSA) is 56.8 Å². The van der Waals surface area contributed by atoms with E-state index in [4.69, 9.17) is 14.2 Å². The Bertz CT molecular complexity index is 1110. The lowest BCUT2D eigenvalue weighted by molar-refractivity contribution is 0.0983. The van der Waals surface area contributed by atoms with Gasteiger partial charge in [0.2, 0.25) is 0 Å². The highest BCUT2D eigenvalue weighted by molar-refractivity contribution is 7.99. The number of carbonyl (C=O) groups excluding carboxylic acids is 1. The number of thioether (sulfide) groups is 1. The van der Waals surface area contributed by atoms with E-state index in [9.17, 15) is 4.79 Å². The number of rotatable bonds is 11. The molecule has 184 valence electrons. The van der Waals surface area contributed by atoms with Crippen LogP contribution in [0.3, 0.4) is 0 Å². The molecule has 3 aromatic rings. The molecular formula is C29H33NO4S. The molecule has 1 aliphatic heterocycles. The highest BCUT2D eigenvalue weighted by Crippen LogP contribution is 2.30. The third kappa shape index (κ3) is 6.95. The van der Waals surface area contributed by atoms with E-state index in [1.165, 1.54) is 0 Å². The fraction of sp³-hybridized carbons (Fsp3) is 0.345. The Kier molecular flexibility index (Phi) is 8.96. The van der Waals surface area contributed by atoms with Crippen LogP contribution in [0.25, 0.3) is 0 Å². The predicted molar refractivity (Wildman–Crippen MR) is 143 cm³/mol. The van der Waals surface area contributed by atoms with Gasteiger partial charge < -0.3 is 19.5 Å². The zero-order valence-electron chi connectivity index (χ0n) is 20.4. The summed E-state index contributed by atoms with van der Waals surface area (Å²) in [6.07, 6.45) is 3.23. The summed E-state index contributed by atoms with van der Waals surface area (Å²) in [5, 5.41) is 3.64. The van der Waals surface area contributed by atoms with Gasteiger partial charge in [-0.25, -0.2) is 0 Å². The average Bonchev–Trinajstić information content (AvgIpc) is 2.92. The monoisotopic (exact) mass is 491 g/mol. The third-order valence-corrected chi connectivity index (χ3v) is 7.26. The van der Waals surface area contributed by atoms with Crippen molar-refractivity contribution in [3.63, 3.8) is 0 Å². The normalized spacial score (nSPS) is 13.8. The van der Waals surface area contributed by atoms with Gasteiger partial charge in [-0.15, -0.1) is 0 Å². The molecule has 35 heavy (non-hydrogen) atoms. The van der Waals surface area contributed by atoms with Crippen molar-refractivity contribution in [1.29, 1.82) is 0 Å². The van der Waals surface area contributed by atoms with Crippen LogP contribution < -0.4 is 19.5 Å². The molecule has 1 heterocycles. The van der Waals surface area contributed by atoms with Crippen molar-refractivity contribution < 1.29 is 19.0 Å². The van der Waals surface area contributed by atoms with Gasteiger partial charge in [-0.3, -0.25) is 4.79 Å². The summed E-state index contributed by atoms with van der Waals surface area (Å²) < 4.78 is 16.8. The maximum Gasteiger partial charge on any atom is 0.165 e. The van der Waals surface area contributed by atoms with Gasteiger partial charge in [-0.05, 0) is 72.2 Å². The molecule has 0 bridgehead atoms. The fourth-order valence-corrected chi connectivity index (χ4v) is 5.31. The number of hydrogen-bond acceptors (Lipinski definition) is 6. The minimum atomic E-state index is 0.0950. The first kappa shape index (κ1) is 25.0. The average molecular weight is 492 g/mol. The van der Waals surface area contributed by atoms with Crippen molar-refractivity contribution in [1.82, 2.24) is 0 Å². The highest BCUT2D eigenvalue weighted by atomic mass is 32.2. The zero-order valence-corrected chi connectivity index (χ0v) is 21.2. The Morgan fingerprint density at radius 1 is 0.914 bits per heavy atom. The molecule has 0 atom stereocenters. The van der Waals surface area contributed by atoms with Gasteiger partial charge in [0.25, 0.3) is 0 Å². The Hall–Kier alpha value is -3.12. The van der Waals surface area contributed by atoms with Crippen molar-refractivity contribution in [3.8, 4) is 17.2 Å². The number of aryl methyl sites for hydroxylation is 1. The molecule has 0 aromatic heterocycles. The molecule has 5 nitrogen and oxygen atoms in total. The minimum Gasteiger partial charge on any atom is -0.493 e.